The zero-order chi connectivity index (χ0) is 15.0. The van der Waals surface area contributed by atoms with E-state index >= 15 is 0 Å². The Morgan fingerprint density at radius 1 is 1.52 bits per heavy atom. The average molecular weight is 290 g/mol. The van der Waals surface area contributed by atoms with Crippen LogP contribution in [-0.4, -0.2) is 33.5 Å². The molecule has 7 nitrogen and oxygen atoms in total. The minimum absolute atomic E-state index is 0.0379. The van der Waals surface area contributed by atoms with Gasteiger partial charge in [-0.1, -0.05) is 5.21 Å². The number of carbonyl (C=O) groups excluding carboxylic acids is 2. The SMILES string of the molecule is CCOC(=O)c1nnn2c1CC(=O)Nc1ccc(F)cc1-2. The monoisotopic (exact) mass is 290 g/mol. The van der Waals surface area contributed by atoms with Crippen LogP contribution in [0.2, 0.25) is 0 Å². The first kappa shape index (κ1) is 13.2. The second-order valence-electron chi connectivity index (χ2n) is 4.40. The molecule has 0 unspecified atom stereocenters. The average Bonchev–Trinajstić information content (AvgIpc) is 2.79. The zero-order valence-corrected chi connectivity index (χ0v) is 11.1. The summed E-state index contributed by atoms with van der Waals surface area (Å²) in [5.41, 5.74) is 0.957. The van der Waals surface area contributed by atoms with Crippen molar-refractivity contribution < 1.29 is 18.7 Å². The Balaban J connectivity index is 2.17. The summed E-state index contributed by atoms with van der Waals surface area (Å²) in [6.07, 6.45) is -0.0998. The molecule has 0 saturated heterocycles. The van der Waals surface area contributed by atoms with Crippen molar-refractivity contribution in [2.45, 2.75) is 13.3 Å². The van der Waals surface area contributed by atoms with Crippen molar-refractivity contribution in [1.29, 1.82) is 0 Å². The maximum absolute atomic E-state index is 13.4. The van der Waals surface area contributed by atoms with E-state index in [1.54, 1.807) is 6.92 Å². The van der Waals surface area contributed by atoms with E-state index in [0.717, 1.165) is 0 Å². The highest BCUT2D eigenvalue weighted by Gasteiger charge is 2.27. The number of halogens is 1. The first-order valence-corrected chi connectivity index (χ1v) is 6.31. The summed E-state index contributed by atoms with van der Waals surface area (Å²) in [7, 11) is 0. The third-order valence-electron chi connectivity index (χ3n) is 3.02. The van der Waals surface area contributed by atoms with Crippen LogP contribution in [0.15, 0.2) is 18.2 Å². The van der Waals surface area contributed by atoms with Gasteiger partial charge in [0, 0.05) is 6.07 Å². The molecule has 0 radical (unpaired) electrons. The molecule has 1 N–H and O–H groups in total. The van der Waals surface area contributed by atoms with Gasteiger partial charge in [0.1, 0.15) is 5.82 Å². The lowest BCUT2D eigenvalue weighted by molar-refractivity contribution is -0.115. The maximum Gasteiger partial charge on any atom is 0.360 e. The fraction of sp³-hybridized carbons (Fsp3) is 0.231. The number of fused-ring (bicyclic) bond motifs is 3. The molecular formula is C13H11FN4O3. The van der Waals surface area contributed by atoms with Gasteiger partial charge in [-0.3, -0.25) is 4.79 Å². The number of hydrogen-bond donors (Lipinski definition) is 1. The third-order valence-corrected chi connectivity index (χ3v) is 3.02. The van der Waals surface area contributed by atoms with Crippen LogP contribution in [-0.2, 0) is 16.0 Å². The number of aromatic nitrogens is 3. The number of nitrogens with zero attached hydrogens (tertiary/aromatic N) is 3. The van der Waals surface area contributed by atoms with E-state index < -0.39 is 11.8 Å². The van der Waals surface area contributed by atoms with Crippen LogP contribution in [0.4, 0.5) is 10.1 Å². The normalized spacial score (nSPS) is 13.0. The van der Waals surface area contributed by atoms with Gasteiger partial charge < -0.3 is 10.1 Å². The van der Waals surface area contributed by atoms with Gasteiger partial charge in [0.2, 0.25) is 5.91 Å². The number of amides is 1. The summed E-state index contributed by atoms with van der Waals surface area (Å²) in [5.74, 6) is -1.48. The van der Waals surface area contributed by atoms with Gasteiger partial charge in [0.25, 0.3) is 0 Å². The quantitative estimate of drug-likeness (QED) is 0.836. The smallest absolute Gasteiger partial charge is 0.360 e. The van der Waals surface area contributed by atoms with Crippen LogP contribution < -0.4 is 5.32 Å². The minimum Gasteiger partial charge on any atom is -0.461 e. The Bertz CT molecular complexity index is 741. The highest BCUT2D eigenvalue weighted by Crippen LogP contribution is 2.26. The van der Waals surface area contributed by atoms with Gasteiger partial charge in [0.05, 0.1) is 30.1 Å². The molecule has 0 saturated carbocycles. The van der Waals surface area contributed by atoms with Gasteiger partial charge in [-0.05, 0) is 19.1 Å². The van der Waals surface area contributed by atoms with Crippen molar-refractivity contribution >= 4 is 17.6 Å². The lowest BCUT2D eigenvalue weighted by Gasteiger charge is -2.07. The van der Waals surface area contributed by atoms with E-state index in [-0.39, 0.29) is 30.3 Å². The Morgan fingerprint density at radius 3 is 3.10 bits per heavy atom. The molecule has 1 amide bonds. The highest BCUT2D eigenvalue weighted by molar-refractivity contribution is 5.98. The van der Waals surface area contributed by atoms with Crippen molar-refractivity contribution in [3.05, 3.63) is 35.4 Å². The molecule has 2 heterocycles. The molecule has 1 aromatic carbocycles. The summed E-state index contributed by atoms with van der Waals surface area (Å²) in [4.78, 5) is 23.7. The highest BCUT2D eigenvalue weighted by atomic mass is 19.1. The van der Waals surface area contributed by atoms with Crippen LogP contribution >= 0.6 is 0 Å². The lowest BCUT2D eigenvalue weighted by Crippen LogP contribution is -2.16. The number of ether oxygens (including phenoxy) is 1. The summed E-state index contributed by atoms with van der Waals surface area (Å²) in [6.45, 7) is 1.85. The molecule has 0 aliphatic carbocycles. The molecule has 3 rings (SSSR count). The van der Waals surface area contributed by atoms with Crippen molar-refractivity contribution in [2.75, 3.05) is 11.9 Å². The standard InChI is InChI=1S/C13H11FN4O3/c1-2-21-13(20)12-10-6-11(19)15-8-4-3-7(14)5-9(8)18(10)17-16-12/h3-5H,2,6H2,1H3,(H,15,19). The number of esters is 1. The summed E-state index contributed by atoms with van der Waals surface area (Å²) in [6, 6.07) is 3.88. The van der Waals surface area contributed by atoms with Gasteiger partial charge >= 0.3 is 5.97 Å². The van der Waals surface area contributed by atoms with E-state index in [2.05, 4.69) is 15.6 Å². The first-order chi connectivity index (χ1) is 10.1. The molecule has 0 spiro atoms. The lowest BCUT2D eigenvalue weighted by atomic mass is 10.2. The van der Waals surface area contributed by atoms with E-state index in [4.69, 9.17) is 4.74 Å². The molecule has 0 fully saturated rings. The number of carbonyl (C=O) groups is 2. The van der Waals surface area contributed by atoms with Crippen LogP contribution in [0.3, 0.4) is 0 Å². The van der Waals surface area contributed by atoms with Crippen molar-refractivity contribution in [1.82, 2.24) is 15.0 Å². The minimum atomic E-state index is -0.661. The summed E-state index contributed by atoms with van der Waals surface area (Å²) in [5, 5.41) is 10.2. The van der Waals surface area contributed by atoms with Gasteiger partial charge in [-0.2, -0.15) is 0 Å². The number of hydrogen-bond acceptors (Lipinski definition) is 5. The van der Waals surface area contributed by atoms with Gasteiger partial charge in [-0.15, -0.1) is 5.10 Å². The van der Waals surface area contributed by atoms with Crippen LogP contribution in [0.1, 0.15) is 23.1 Å². The van der Waals surface area contributed by atoms with E-state index in [1.165, 1.54) is 22.9 Å². The van der Waals surface area contributed by atoms with Crippen LogP contribution in [0.5, 0.6) is 0 Å². The summed E-state index contributed by atoms with van der Waals surface area (Å²) < 4.78 is 19.6. The zero-order valence-electron chi connectivity index (χ0n) is 11.1. The molecule has 1 aliphatic rings. The molecule has 8 heteroatoms. The van der Waals surface area contributed by atoms with E-state index in [1.807, 2.05) is 0 Å². The molecule has 21 heavy (non-hydrogen) atoms. The first-order valence-electron chi connectivity index (χ1n) is 6.31. The molecular weight excluding hydrogens is 279 g/mol. The largest absolute Gasteiger partial charge is 0.461 e. The number of anilines is 1. The second-order valence-corrected chi connectivity index (χ2v) is 4.40. The predicted octanol–water partition coefficient (Wildman–Crippen LogP) is 1.08. The fourth-order valence-corrected chi connectivity index (χ4v) is 2.14. The summed E-state index contributed by atoms with van der Waals surface area (Å²) >= 11 is 0. The Morgan fingerprint density at radius 2 is 2.33 bits per heavy atom. The topological polar surface area (TPSA) is 86.1 Å². The van der Waals surface area contributed by atoms with Crippen molar-refractivity contribution in [2.24, 2.45) is 0 Å². The second kappa shape index (κ2) is 4.97. The number of rotatable bonds is 2. The van der Waals surface area contributed by atoms with E-state index in [0.29, 0.717) is 11.4 Å². The van der Waals surface area contributed by atoms with Gasteiger partial charge in [-0.25, -0.2) is 13.9 Å². The molecule has 0 bridgehead atoms. The molecule has 1 aromatic heterocycles. The fourth-order valence-electron chi connectivity index (χ4n) is 2.14. The van der Waals surface area contributed by atoms with Crippen molar-refractivity contribution in [3.63, 3.8) is 0 Å². The van der Waals surface area contributed by atoms with Gasteiger partial charge in [0.15, 0.2) is 5.69 Å². The van der Waals surface area contributed by atoms with Crippen LogP contribution in [0.25, 0.3) is 5.69 Å². The molecule has 0 atom stereocenters. The Hall–Kier alpha value is -2.77. The predicted molar refractivity (Wildman–Crippen MR) is 69.6 cm³/mol. The Labute approximate surface area is 118 Å². The molecule has 108 valence electrons. The van der Waals surface area contributed by atoms with Crippen LogP contribution in [0, 0.1) is 5.82 Å². The molecule has 1 aliphatic heterocycles. The third kappa shape index (κ3) is 2.24. The maximum atomic E-state index is 13.4. The number of benzene rings is 1. The Kier molecular flexibility index (Phi) is 3.13. The molecule has 2 aromatic rings. The van der Waals surface area contributed by atoms with Crippen molar-refractivity contribution in [3.8, 4) is 5.69 Å². The number of nitrogens with one attached hydrogen (secondary N) is 1. The van der Waals surface area contributed by atoms with E-state index in [9.17, 15) is 14.0 Å².